The van der Waals surface area contributed by atoms with Crippen LogP contribution in [0.1, 0.15) is 32.4 Å². The van der Waals surface area contributed by atoms with E-state index in [2.05, 4.69) is 16.0 Å². The van der Waals surface area contributed by atoms with Crippen molar-refractivity contribution in [2.75, 3.05) is 0 Å². The highest BCUT2D eigenvalue weighted by atomic mass is 35.5. The Balaban J connectivity index is 3.01. The maximum atomic E-state index is 12.1. The summed E-state index contributed by atoms with van der Waals surface area (Å²) < 4.78 is 14.6. The van der Waals surface area contributed by atoms with E-state index in [0.29, 0.717) is 5.02 Å². The van der Waals surface area contributed by atoms with Crippen molar-refractivity contribution in [1.29, 1.82) is 0 Å². The van der Waals surface area contributed by atoms with E-state index in [1.54, 1.807) is 6.07 Å². The van der Waals surface area contributed by atoms with Gasteiger partial charge in [0.05, 0.1) is 15.7 Å². The van der Waals surface area contributed by atoms with Gasteiger partial charge in [0, 0.05) is 16.0 Å². The van der Waals surface area contributed by atoms with Gasteiger partial charge in [0.25, 0.3) is 0 Å². The van der Waals surface area contributed by atoms with Crippen molar-refractivity contribution in [3.63, 3.8) is 0 Å². The van der Waals surface area contributed by atoms with Gasteiger partial charge >= 0.3 is 0 Å². The number of rotatable bonds is 3. The first kappa shape index (κ1) is 15.5. The molecular formula is C13H15Cl2NOS. The summed E-state index contributed by atoms with van der Waals surface area (Å²) in [4.78, 5) is 0. The highest BCUT2D eigenvalue weighted by molar-refractivity contribution is 7.84. The van der Waals surface area contributed by atoms with Gasteiger partial charge < -0.3 is 0 Å². The van der Waals surface area contributed by atoms with Crippen LogP contribution in [0.3, 0.4) is 0 Å². The van der Waals surface area contributed by atoms with Crippen LogP contribution < -0.4 is 4.72 Å². The number of nitrogens with one attached hydrogen (secondary N) is 1. The molecule has 0 fully saturated rings. The smallest absolute Gasteiger partial charge is 0.108 e. The molecule has 0 saturated heterocycles. The Morgan fingerprint density at radius 3 is 2.44 bits per heavy atom. The van der Waals surface area contributed by atoms with E-state index >= 15 is 0 Å². The van der Waals surface area contributed by atoms with Gasteiger partial charge in [-0.05, 0) is 38.4 Å². The normalized spacial score (nSPS) is 14.5. The van der Waals surface area contributed by atoms with Crippen molar-refractivity contribution in [3.8, 4) is 11.3 Å². The minimum absolute atomic E-state index is 0.381. The van der Waals surface area contributed by atoms with Gasteiger partial charge in [0.2, 0.25) is 0 Å². The van der Waals surface area contributed by atoms with E-state index in [1.165, 1.54) is 0 Å². The van der Waals surface area contributed by atoms with E-state index < -0.39 is 17.0 Å². The molecule has 0 spiro atoms. The summed E-state index contributed by atoms with van der Waals surface area (Å²) in [5.74, 6) is 2.77. The first-order valence-electron chi connectivity index (χ1n) is 5.40. The molecular weight excluding hydrogens is 289 g/mol. The summed E-state index contributed by atoms with van der Waals surface area (Å²) in [6.07, 6.45) is 0. The Bertz CT molecular complexity index is 500. The van der Waals surface area contributed by atoms with Crippen LogP contribution in [0.2, 0.25) is 5.02 Å². The molecule has 1 aromatic carbocycles. The molecule has 0 bridgehead atoms. The van der Waals surface area contributed by atoms with Crippen LogP contribution >= 0.6 is 23.2 Å². The van der Waals surface area contributed by atoms with Crippen LogP contribution in [0.4, 0.5) is 0 Å². The summed E-state index contributed by atoms with van der Waals surface area (Å²) >= 11 is 11.6. The van der Waals surface area contributed by atoms with Crippen molar-refractivity contribution < 1.29 is 4.21 Å². The second kappa shape index (κ2) is 6.58. The minimum atomic E-state index is -1.25. The van der Waals surface area contributed by atoms with Crippen LogP contribution in [-0.2, 0) is 11.0 Å². The lowest BCUT2D eigenvalue weighted by Gasteiger charge is -2.22. The fourth-order valence-electron chi connectivity index (χ4n) is 1.22. The van der Waals surface area contributed by atoms with Crippen LogP contribution in [0.5, 0.6) is 0 Å². The topological polar surface area (TPSA) is 29.1 Å². The summed E-state index contributed by atoms with van der Waals surface area (Å²) in [6.45, 7) is 5.65. The van der Waals surface area contributed by atoms with E-state index in [-0.39, 0.29) is 4.75 Å². The highest BCUT2D eigenvalue weighted by Gasteiger charge is 2.23. The Labute approximate surface area is 121 Å². The lowest BCUT2D eigenvalue weighted by atomic mass is 10.1. The fraction of sp³-hybridized carbons (Fsp3) is 0.385. The van der Waals surface area contributed by atoms with E-state index in [9.17, 15) is 4.21 Å². The lowest BCUT2D eigenvalue weighted by molar-refractivity contribution is 0.629. The maximum absolute atomic E-state index is 12.1. The van der Waals surface area contributed by atoms with Crippen molar-refractivity contribution in [3.05, 3.63) is 34.9 Å². The van der Waals surface area contributed by atoms with Gasteiger partial charge in [0.15, 0.2) is 0 Å². The first-order chi connectivity index (χ1) is 8.36. The molecule has 0 saturated carbocycles. The molecule has 0 aromatic heterocycles. The molecule has 2 nitrogen and oxygen atoms in total. The zero-order chi connectivity index (χ0) is 13.8. The van der Waals surface area contributed by atoms with Gasteiger partial charge in [0.1, 0.15) is 6.04 Å². The average molecular weight is 304 g/mol. The standard InChI is InChI=1S/C13H15Cl2NOS/c1-13(2,3)18(17)16-12(8-9-14)10-6-4-5-7-11(10)15/h4-7,12,16H,1-3H3/t12-,18+/m0/s1. The molecule has 0 aliphatic carbocycles. The third kappa shape index (κ3) is 4.29. The van der Waals surface area contributed by atoms with Gasteiger partial charge in [-0.2, -0.15) is 0 Å². The van der Waals surface area contributed by atoms with Crippen LogP contribution in [0.25, 0.3) is 0 Å². The van der Waals surface area contributed by atoms with E-state index in [4.69, 9.17) is 23.2 Å². The van der Waals surface area contributed by atoms with Crippen molar-refractivity contribution in [1.82, 2.24) is 4.72 Å². The number of hydrogen-bond acceptors (Lipinski definition) is 1. The fourth-order valence-corrected chi connectivity index (χ4v) is 2.33. The second-order valence-corrected chi connectivity index (χ2v) is 7.29. The zero-order valence-electron chi connectivity index (χ0n) is 10.5. The summed E-state index contributed by atoms with van der Waals surface area (Å²) in [5, 5.41) is 2.89. The number of hydrogen-bond donors (Lipinski definition) is 1. The first-order valence-corrected chi connectivity index (χ1v) is 7.30. The SMILES string of the molecule is CC(C)(C)[S@@](=O)N[C@@H](C#CCl)c1ccccc1Cl. The largest absolute Gasteiger partial charge is 0.242 e. The average Bonchev–Trinajstić information content (AvgIpc) is 2.28. The van der Waals surface area contributed by atoms with Gasteiger partial charge in [-0.1, -0.05) is 35.7 Å². The van der Waals surface area contributed by atoms with Gasteiger partial charge in [-0.15, -0.1) is 0 Å². The molecule has 0 radical (unpaired) electrons. The Kier molecular flexibility index (Phi) is 5.68. The molecule has 0 aliphatic rings. The number of benzene rings is 1. The summed E-state index contributed by atoms with van der Waals surface area (Å²) in [7, 11) is -1.25. The monoisotopic (exact) mass is 303 g/mol. The Hall–Kier alpha value is -0.530. The number of halogens is 2. The Morgan fingerprint density at radius 1 is 1.33 bits per heavy atom. The predicted molar refractivity (Wildman–Crippen MR) is 78.9 cm³/mol. The summed E-state index contributed by atoms with van der Waals surface area (Å²) in [6, 6.07) is 6.84. The third-order valence-corrected chi connectivity index (χ3v) is 4.21. The molecule has 1 aromatic rings. The second-order valence-electron chi connectivity index (χ2n) is 4.69. The van der Waals surface area contributed by atoms with Crippen molar-refractivity contribution >= 4 is 34.2 Å². The van der Waals surface area contributed by atoms with E-state index in [0.717, 1.165) is 5.56 Å². The Morgan fingerprint density at radius 2 is 1.94 bits per heavy atom. The molecule has 2 atom stereocenters. The molecule has 98 valence electrons. The molecule has 0 heterocycles. The molecule has 0 unspecified atom stereocenters. The van der Waals surface area contributed by atoms with Crippen LogP contribution in [-0.4, -0.2) is 8.96 Å². The van der Waals surface area contributed by atoms with E-state index in [1.807, 2.05) is 39.0 Å². The van der Waals surface area contributed by atoms with Crippen molar-refractivity contribution in [2.45, 2.75) is 31.6 Å². The van der Waals surface area contributed by atoms with Gasteiger partial charge in [-0.3, -0.25) is 0 Å². The van der Waals surface area contributed by atoms with Crippen molar-refractivity contribution in [2.24, 2.45) is 0 Å². The molecule has 18 heavy (non-hydrogen) atoms. The molecule has 0 aliphatic heterocycles. The van der Waals surface area contributed by atoms with Gasteiger partial charge in [-0.25, -0.2) is 8.93 Å². The minimum Gasteiger partial charge on any atom is -0.242 e. The maximum Gasteiger partial charge on any atom is 0.108 e. The molecule has 1 N–H and O–H groups in total. The van der Waals surface area contributed by atoms with Crippen LogP contribution in [0.15, 0.2) is 24.3 Å². The zero-order valence-corrected chi connectivity index (χ0v) is 12.8. The third-order valence-electron chi connectivity index (χ3n) is 2.20. The predicted octanol–water partition coefficient (Wildman–Crippen LogP) is 3.63. The lowest BCUT2D eigenvalue weighted by Crippen LogP contribution is -2.35. The molecule has 0 amide bonds. The van der Waals surface area contributed by atoms with Crippen LogP contribution in [0, 0.1) is 11.3 Å². The highest BCUT2D eigenvalue weighted by Crippen LogP contribution is 2.24. The molecule has 1 rings (SSSR count). The quantitative estimate of drug-likeness (QED) is 0.849. The summed E-state index contributed by atoms with van der Waals surface area (Å²) in [5.41, 5.74) is 0.768. The molecule has 5 heteroatoms.